The number of hydrogen-bond acceptors (Lipinski definition) is 6. The summed E-state index contributed by atoms with van der Waals surface area (Å²) >= 11 is 0. The number of rotatable bonds is 4. The maximum Gasteiger partial charge on any atom is 0.219 e. The molecule has 6 rings (SSSR count). The lowest BCUT2D eigenvalue weighted by atomic mass is 9.97. The summed E-state index contributed by atoms with van der Waals surface area (Å²) in [7, 11) is 0. The molecule has 155 valence electrons. The van der Waals surface area contributed by atoms with Crippen LogP contribution in [0.2, 0.25) is 0 Å². The quantitative estimate of drug-likeness (QED) is 0.426. The second-order valence-electron chi connectivity index (χ2n) is 7.35. The van der Waals surface area contributed by atoms with Gasteiger partial charge in [0.2, 0.25) is 5.82 Å². The topological polar surface area (TPSA) is 93.1 Å². The molecule has 6 aromatic rings. The molecule has 7 heteroatoms. The van der Waals surface area contributed by atoms with Crippen LogP contribution in [0.4, 0.5) is 0 Å². The maximum absolute atomic E-state index is 5.03. The van der Waals surface area contributed by atoms with Gasteiger partial charge >= 0.3 is 0 Å². The molecule has 0 atom stereocenters. The average molecular weight is 426 g/mol. The Balaban J connectivity index is 1.56. The maximum atomic E-state index is 5.03. The summed E-state index contributed by atoms with van der Waals surface area (Å²) in [5, 5.41) is 8.15. The Morgan fingerprint density at radius 1 is 0.667 bits per heavy atom. The van der Waals surface area contributed by atoms with Crippen molar-refractivity contribution in [1.29, 1.82) is 0 Å². The lowest BCUT2D eigenvalue weighted by Gasteiger charge is -2.12. The molecule has 1 N–H and O–H groups in total. The minimum Gasteiger partial charge on any atom is -0.257 e. The van der Waals surface area contributed by atoms with E-state index in [2.05, 4.69) is 54.4 Å². The molecule has 33 heavy (non-hydrogen) atoms. The van der Waals surface area contributed by atoms with Gasteiger partial charge < -0.3 is 0 Å². The zero-order chi connectivity index (χ0) is 22.0. The van der Waals surface area contributed by atoms with Crippen molar-refractivity contribution in [2.75, 3.05) is 0 Å². The summed E-state index contributed by atoms with van der Waals surface area (Å²) in [5.74, 6) is 1.40. The Kier molecular flexibility index (Phi) is 4.62. The molecular formula is C26H16N7. The van der Waals surface area contributed by atoms with E-state index >= 15 is 0 Å². The second kappa shape index (κ2) is 8.05. The molecule has 0 spiro atoms. The summed E-state index contributed by atoms with van der Waals surface area (Å²) in [5.41, 5.74) is 5.48. The predicted molar refractivity (Wildman–Crippen MR) is 126 cm³/mol. The Bertz CT molecular complexity index is 1550. The molecule has 7 nitrogen and oxygen atoms in total. The van der Waals surface area contributed by atoms with E-state index < -0.39 is 0 Å². The SMILES string of the molecule is [c]1ccc(-c2nc3ccnc(-c4nc(-c5ncccn5)n[nH]4)c3cc2-c2ccccc2)cc1. The Morgan fingerprint density at radius 3 is 2.30 bits per heavy atom. The number of H-pyrrole nitrogens is 1. The molecule has 0 unspecified atom stereocenters. The highest BCUT2D eigenvalue weighted by molar-refractivity contribution is 5.97. The number of fused-ring (bicyclic) bond motifs is 1. The molecule has 1 radical (unpaired) electrons. The molecule has 4 heterocycles. The van der Waals surface area contributed by atoms with Crippen LogP contribution in [0.1, 0.15) is 0 Å². The summed E-state index contributed by atoms with van der Waals surface area (Å²) in [6.07, 6.45) is 5.05. The number of nitrogens with zero attached hydrogens (tertiary/aromatic N) is 6. The second-order valence-corrected chi connectivity index (χ2v) is 7.35. The summed E-state index contributed by atoms with van der Waals surface area (Å²) < 4.78 is 0. The third-order valence-electron chi connectivity index (χ3n) is 5.30. The summed E-state index contributed by atoms with van der Waals surface area (Å²) in [6.45, 7) is 0. The molecule has 0 aliphatic rings. The molecule has 0 aliphatic heterocycles. The van der Waals surface area contributed by atoms with Crippen LogP contribution in [0.3, 0.4) is 0 Å². The first-order valence-corrected chi connectivity index (χ1v) is 10.4. The number of benzene rings is 2. The van der Waals surface area contributed by atoms with Crippen molar-refractivity contribution >= 4 is 10.9 Å². The Labute approximate surface area is 189 Å². The van der Waals surface area contributed by atoms with Gasteiger partial charge in [-0.25, -0.2) is 19.9 Å². The van der Waals surface area contributed by atoms with Gasteiger partial charge in [-0.15, -0.1) is 5.10 Å². The van der Waals surface area contributed by atoms with Crippen LogP contribution in [0.25, 0.3) is 56.5 Å². The van der Waals surface area contributed by atoms with Crippen LogP contribution in [0.5, 0.6) is 0 Å². The van der Waals surface area contributed by atoms with E-state index in [0.717, 1.165) is 33.3 Å². The van der Waals surface area contributed by atoms with Gasteiger partial charge in [-0.05, 0) is 29.8 Å². The fourth-order valence-electron chi connectivity index (χ4n) is 3.77. The number of hydrogen-bond donors (Lipinski definition) is 1. The number of aromatic nitrogens is 7. The first-order valence-electron chi connectivity index (χ1n) is 10.4. The molecule has 4 aromatic heterocycles. The van der Waals surface area contributed by atoms with Gasteiger partial charge in [0.25, 0.3) is 0 Å². The Hall–Kier alpha value is -4.78. The van der Waals surface area contributed by atoms with Gasteiger partial charge in [0, 0.05) is 35.1 Å². The van der Waals surface area contributed by atoms with E-state index in [-0.39, 0.29) is 0 Å². The van der Waals surface area contributed by atoms with E-state index in [0.29, 0.717) is 23.2 Å². The van der Waals surface area contributed by atoms with Crippen LogP contribution in [-0.4, -0.2) is 35.1 Å². The van der Waals surface area contributed by atoms with Gasteiger partial charge in [0.15, 0.2) is 11.6 Å². The molecule has 2 aromatic carbocycles. The van der Waals surface area contributed by atoms with E-state index in [1.54, 1.807) is 24.7 Å². The standard InChI is InChI=1S/C26H16N7/c1-3-8-17(9-4-1)19-16-20-21(30-22(19)18-10-5-2-6-11-18)12-15-27-23(20)24-31-26(33-32-24)25-28-13-7-14-29-25/h1,3-16H,(H,31,32,33). The van der Waals surface area contributed by atoms with Crippen molar-refractivity contribution in [1.82, 2.24) is 35.1 Å². The molecule has 0 saturated carbocycles. The molecule has 0 fully saturated rings. The minimum absolute atomic E-state index is 0.415. The van der Waals surface area contributed by atoms with Crippen LogP contribution in [0, 0.1) is 6.07 Å². The van der Waals surface area contributed by atoms with E-state index in [9.17, 15) is 0 Å². The minimum atomic E-state index is 0.415. The van der Waals surface area contributed by atoms with Gasteiger partial charge in [-0.1, -0.05) is 54.6 Å². The van der Waals surface area contributed by atoms with Crippen LogP contribution >= 0.6 is 0 Å². The first-order chi connectivity index (χ1) is 16.4. The molecule has 0 bridgehead atoms. The zero-order valence-electron chi connectivity index (χ0n) is 17.3. The van der Waals surface area contributed by atoms with Gasteiger partial charge in [-0.2, -0.15) is 0 Å². The number of nitrogens with one attached hydrogen (secondary N) is 1. The fourth-order valence-corrected chi connectivity index (χ4v) is 3.77. The molecule has 0 saturated heterocycles. The van der Waals surface area contributed by atoms with Crippen molar-refractivity contribution in [3.8, 4) is 45.6 Å². The first kappa shape index (κ1) is 18.9. The van der Waals surface area contributed by atoms with Crippen molar-refractivity contribution in [3.05, 3.63) is 97.5 Å². The number of pyridine rings is 2. The van der Waals surface area contributed by atoms with Crippen LogP contribution in [-0.2, 0) is 0 Å². The van der Waals surface area contributed by atoms with Crippen molar-refractivity contribution in [3.63, 3.8) is 0 Å². The van der Waals surface area contributed by atoms with Gasteiger partial charge in [0.05, 0.1) is 11.2 Å². The highest BCUT2D eigenvalue weighted by atomic mass is 15.2. The predicted octanol–water partition coefficient (Wildman–Crippen LogP) is 5.01. The summed E-state index contributed by atoms with van der Waals surface area (Å²) in [4.78, 5) is 22.7. The smallest absolute Gasteiger partial charge is 0.219 e. The lowest BCUT2D eigenvalue weighted by Crippen LogP contribution is -1.95. The molecular weight excluding hydrogens is 410 g/mol. The van der Waals surface area contributed by atoms with E-state index in [1.807, 2.05) is 48.5 Å². The highest BCUT2D eigenvalue weighted by Gasteiger charge is 2.17. The zero-order valence-corrected chi connectivity index (χ0v) is 17.3. The Morgan fingerprint density at radius 2 is 1.48 bits per heavy atom. The lowest BCUT2D eigenvalue weighted by molar-refractivity contribution is 1.06. The van der Waals surface area contributed by atoms with E-state index in [4.69, 9.17) is 4.98 Å². The van der Waals surface area contributed by atoms with Crippen molar-refractivity contribution in [2.45, 2.75) is 0 Å². The molecule has 0 aliphatic carbocycles. The van der Waals surface area contributed by atoms with Gasteiger partial charge in [0.1, 0.15) is 5.69 Å². The summed E-state index contributed by atoms with van der Waals surface area (Å²) in [6, 6.07) is 26.9. The van der Waals surface area contributed by atoms with Crippen LogP contribution in [0.15, 0.2) is 91.4 Å². The fraction of sp³-hybridized carbons (Fsp3) is 0. The van der Waals surface area contributed by atoms with Crippen molar-refractivity contribution < 1.29 is 0 Å². The average Bonchev–Trinajstić information content (AvgIpc) is 3.39. The normalized spacial score (nSPS) is 11.0. The third-order valence-corrected chi connectivity index (χ3v) is 5.30. The third kappa shape index (κ3) is 3.51. The van der Waals surface area contributed by atoms with Gasteiger partial charge in [-0.3, -0.25) is 10.1 Å². The molecule has 0 amide bonds. The van der Waals surface area contributed by atoms with E-state index in [1.165, 1.54) is 0 Å². The van der Waals surface area contributed by atoms with Crippen LogP contribution < -0.4 is 0 Å². The number of aromatic amines is 1. The van der Waals surface area contributed by atoms with Crippen molar-refractivity contribution in [2.24, 2.45) is 0 Å². The largest absolute Gasteiger partial charge is 0.257 e. The highest BCUT2D eigenvalue weighted by Crippen LogP contribution is 2.35. The monoisotopic (exact) mass is 426 g/mol.